The van der Waals surface area contributed by atoms with Gasteiger partial charge in [-0.25, -0.2) is 4.98 Å². The molecule has 0 saturated heterocycles. The summed E-state index contributed by atoms with van der Waals surface area (Å²) in [7, 11) is 0. The largest absolute Gasteiger partial charge is 0.487 e. The van der Waals surface area contributed by atoms with Crippen LogP contribution in [0.4, 0.5) is 0 Å². The Morgan fingerprint density at radius 3 is 2.28 bits per heavy atom. The van der Waals surface area contributed by atoms with Crippen LogP contribution < -0.4 is 4.74 Å². The maximum Gasteiger partial charge on any atom is 0.165 e. The van der Waals surface area contributed by atoms with Crippen molar-refractivity contribution < 1.29 is 9.53 Å². The molecule has 0 aliphatic heterocycles. The molecule has 0 amide bonds. The molecule has 1 heterocycles. The van der Waals surface area contributed by atoms with Crippen molar-refractivity contribution >= 4 is 16.7 Å². The molecule has 0 aliphatic carbocycles. The lowest BCUT2D eigenvalue weighted by Gasteiger charge is -2.15. The summed E-state index contributed by atoms with van der Waals surface area (Å²) in [5, 5.41) is 1.12. The number of aromatic nitrogens is 1. The van der Waals surface area contributed by atoms with Crippen molar-refractivity contribution in [3.63, 3.8) is 0 Å². The van der Waals surface area contributed by atoms with E-state index in [2.05, 4.69) is 31.0 Å². The number of carbonyl (C=O) groups is 1. The van der Waals surface area contributed by atoms with Gasteiger partial charge in [-0.05, 0) is 49.2 Å². The number of para-hydroxylation sites is 1. The van der Waals surface area contributed by atoms with E-state index in [1.54, 1.807) is 0 Å². The van der Waals surface area contributed by atoms with Crippen molar-refractivity contribution in [2.45, 2.75) is 59.0 Å². The SMILES string of the molecule is CCCCC(CCCC)C(=O)c1ccc(OCc2ccc3ccccc3n2)cc1. The van der Waals surface area contributed by atoms with Gasteiger partial charge in [0.05, 0.1) is 11.2 Å². The minimum Gasteiger partial charge on any atom is -0.487 e. The number of pyridine rings is 1. The number of hydrogen-bond acceptors (Lipinski definition) is 3. The number of Topliss-reactive ketones (excluding diaryl/α,β-unsaturated/α-hetero) is 1. The fraction of sp³-hybridized carbons (Fsp3) is 0.385. The third-order valence-corrected chi connectivity index (χ3v) is 5.36. The number of hydrogen-bond donors (Lipinski definition) is 0. The van der Waals surface area contributed by atoms with Crippen LogP contribution in [-0.2, 0) is 6.61 Å². The first-order chi connectivity index (χ1) is 14.2. The van der Waals surface area contributed by atoms with Gasteiger partial charge in [-0.1, -0.05) is 63.8 Å². The third kappa shape index (κ3) is 5.90. The number of ether oxygens (including phenoxy) is 1. The molecule has 0 N–H and O–H groups in total. The molecule has 1 aromatic heterocycles. The lowest BCUT2D eigenvalue weighted by Crippen LogP contribution is -2.15. The van der Waals surface area contributed by atoms with Crippen molar-refractivity contribution in [1.29, 1.82) is 0 Å². The van der Waals surface area contributed by atoms with Crippen LogP contribution in [0.3, 0.4) is 0 Å². The highest BCUT2D eigenvalue weighted by molar-refractivity contribution is 5.97. The predicted octanol–water partition coefficient (Wildman–Crippen LogP) is 6.99. The van der Waals surface area contributed by atoms with E-state index in [9.17, 15) is 4.79 Å². The second kappa shape index (κ2) is 10.8. The fourth-order valence-electron chi connectivity index (χ4n) is 3.60. The highest BCUT2D eigenvalue weighted by Crippen LogP contribution is 2.23. The molecule has 152 valence electrons. The molecule has 0 atom stereocenters. The van der Waals surface area contributed by atoms with Crippen molar-refractivity contribution in [1.82, 2.24) is 4.98 Å². The van der Waals surface area contributed by atoms with E-state index in [1.807, 2.05) is 48.5 Å². The van der Waals surface area contributed by atoms with E-state index in [-0.39, 0.29) is 11.7 Å². The van der Waals surface area contributed by atoms with Crippen LogP contribution in [0.2, 0.25) is 0 Å². The molecule has 2 aromatic carbocycles. The summed E-state index contributed by atoms with van der Waals surface area (Å²) in [6.07, 6.45) is 6.46. The molecular formula is C26H31NO2. The maximum atomic E-state index is 12.9. The Morgan fingerprint density at radius 1 is 0.897 bits per heavy atom. The summed E-state index contributed by atoms with van der Waals surface area (Å²) in [6.45, 7) is 4.77. The summed E-state index contributed by atoms with van der Waals surface area (Å²) in [4.78, 5) is 17.6. The molecule has 3 rings (SSSR count). The summed E-state index contributed by atoms with van der Waals surface area (Å²) in [5.74, 6) is 1.17. The Balaban J connectivity index is 1.61. The van der Waals surface area contributed by atoms with Gasteiger partial charge < -0.3 is 4.74 Å². The fourth-order valence-corrected chi connectivity index (χ4v) is 3.60. The lowest BCUT2D eigenvalue weighted by atomic mass is 9.88. The summed E-state index contributed by atoms with van der Waals surface area (Å²) in [6, 6.07) is 19.7. The molecular weight excluding hydrogens is 358 g/mol. The lowest BCUT2D eigenvalue weighted by molar-refractivity contribution is 0.0902. The Bertz CT molecular complexity index is 909. The van der Waals surface area contributed by atoms with E-state index < -0.39 is 0 Å². The monoisotopic (exact) mass is 389 g/mol. The van der Waals surface area contributed by atoms with Crippen LogP contribution >= 0.6 is 0 Å². The number of nitrogens with zero attached hydrogens (tertiary/aromatic N) is 1. The molecule has 0 spiro atoms. The number of ketones is 1. The zero-order valence-corrected chi connectivity index (χ0v) is 17.6. The van der Waals surface area contributed by atoms with Crippen molar-refractivity contribution in [3.05, 3.63) is 71.9 Å². The number of fused-ring (bicyclic) bond motifs is 1. The number of benzene rings is 2. The van der Waals surface area contributed by atoms with E-state index in [1.165, 1.54) is 0 Å². The minimum absolute atomic E-state index is 0.142. The minimum atomic E-state index is 0.142. The van der Waals surface area contributed by atoms with E-state index in [0.717, 1.165) is 66.4 Å². The quantitative estimate of drug-likeness (QED) is 0.332. The van der Waals surface area contributed by atoms with Crippen LogP contribution in [0.15, 0.2) is 60.7 Å². The molecule has 3 heteroatoms. The summed E-state index contributed by atoms with van der Waals surface area (Å²) < 4.78 is 5.89. The molecule has 29 heavy (non-hydrogen) atoms. The first-order valence-corrected chi connectivity index (χ1v) is 10.8. The molecule has 0 unspecified atom stereocenters. The Labute approximate surface area is 174 Å². The van der Waals surface area contributed by atoms with Crippen LogP contribution in [0.1, 0.15) is 68.4 Å². The van der Waals surface area contributed by atoms with Crippen molar-refractivity contribution in [2.24, 2.45) is 5.92 Å². The Kier molecular flexibility index (Phi) is 7.80. The van der Waals surface area contributed by atoms with Gasteiger partial charge in [-0.2, -0.15) is 0 Å². The maximum absolute atomic E-state index is 12.9. The molecule has 0 radical (unpaired) electrons. The van der Waals surface area contributed by atoms with Gasteiger partial charge in [0.25, 0.3) is 0 Å². The topological polar surface area (TPSA) is 39.2 Å². The molecule has 0 aliphatic rings. The van der Waals surface area contributed by atoms with Gasteiger partial charge in [0.1, 0.15) is 12.4 Å². The molecule has 0 saturated carbocycles. The van der Waals surface area contributed by atoms with Gasteiger partial charge in [0.2, 0.25) is 0 Å². The van der Waals surface area contributed by atoms with Crippen LogP contribution in [0.25, 0.3) is 10.9 Å². The van der Waals surface area contributed by atoms with E-state index in [4.69, 9.17) is 4.74 Å². The number of unbranched alkanes of at least 4 members (excludes halogenated alkanes) is 2. The van der Waals surface area contributed by atoms with Gasteiger partial charge in [-0.3, -0.25) is 4.79 Å². The molecule has 3 nitrogen and oxygen atoms in total. The van der Waals surface area contributed by atoms with Crippen molar-refractivity contribution in [2.75, 3.05) is 0 Å². The average molecular weight is 390 g/mol. The zero-order chi connectivity index (χ0) is 20.5. The zero-order valence-electron chi connectivity index (χ0n) is 17.6. The predicted molar refractivity (Wildman–Crippen MR) is 119 cm³/mol. The van der Waals surface area contributed by atoms with E-state index in [0.29, 0.717) is 6.61 Å². The summed E-state index contributed by atoms with van der Waals surface area (Å²) in [5.41, 5.74) is 2.65. The first kappa shape index (κ1) is 21.0. The van der Waals surface area contributed by atoms with Crippen LogP contribution in [0, 0.1) is 5.92 Å². The number of rotatable bonds is 11. The Hall–Kier alpha value is -2.68. The standard InChI is InChI=1S/C26H31NO2/c1-3-5-9-21(10-6-4-2)26(28)22-14-17-24(18-15-22)29-19-23-16-13-20-11-7-8-12-25(20)27-23/h7-8,11-18,21H,3-6,9-10,19H2,1-2H3. The number of carbonyl (C=O) groups excluding carboxylic acids is 1. The smallest absolute Gasteiger partial charge is 0.165 e. The van der Waals surface area contributed by atoms with Gasteiger partial charge in [0.15, 0.2) is 5.78 Å². The highest BCUT2D eigenvalue weighted by atomic mass is 16.5. The van der Waals surface area contributed by atoms with Gasteiger partial charge in [-0.15, -0.1) is 0 Å². The second-order valence-corrected chi connectivity index (χ2v) is 7.65. The first-order valence-electron chi connectivity index (χ1n) is 10.8. The summed E-state index contributed by atoms with van der Waals surface area (Å²) >= 11 is 0. The van der Waals surface area contributed by atoms with Crippen LogP contribution in [-0.4, -0.2) is 10.8 Å². The third-order valence-electron chi connectivity index (χ3n) is 5.36. The van der Waals surface area contributed by atoms with E-state index >= 15 is 0 Å². The van der Waals surface area contributed by atoms with Gasteiger partial charge >= 0.3 is 0 Å². The molecule has 0 fully saturated rings. The highest BCUT2D eigenvalue weighted by Gasteiger charge is 2.19. The Morgan fingerprint density at radius 2 is 1.59 bits per heavy atom. The second-order valence-electron chi connectivity index (χ2n) is 7.65. The average Bonchev–Trinajstić information content (AvgIpc) is 2.77. The van der Waals surface area contributed by atoms with Crippen molar-refractivity contribution in [3.8, 4) is 5.75 Å². The normalized spacial score (nSPS) is 11.1. The molecule has 0 bridgehead atoms. The van der Waals surface area contributed by atoms with Crippen LogP contribution in [0.5, 0.6) is 5.75 Å². The molecule has 3 aromatic rings. The van der Waals surface area contributed by atoms with Gasteiger partial charge in [0, 0.05) is 16.9 Å².